The van der Waals surface area contributed by atoms with Crippen molar-refractivity contribution < 1.29 is 8.81 Å². The molecule has 0 saturated carbocycles. The molecule has 0 N–H and O–H groups in total. The summed E-state index contributed by atoms with van der Waals surface area (Å²) < 4.78 is 21.8. The molecule has 4 nitrogen and oxygen atoms in total. The number of oxazole rings is 1. The SMILES string of the molecule is Cc1cnc(Cn2c(CCCl)nc3cc(I)c(F)cc32)o1. The molecular formula is C14H12ClFIN3O. The molecule has 0 bridgehead atoms. The van der Waals surface area contributed by atoms with Crippen LogP contribution in [0, 0.1) is 16.3 Å². The van der Waals surface area contributed by atoms with Crippen molar-refractivity contribution >= 4 is 45.2 Å². The van der Waals surface area contributed by atoms with Gasteiger partial charge in [0.2, 0.25) is 5.89 Å². The number of fused-ring (bicyclic) bond motifs is 1. The molecule has 1 aromatic carbocycles. The summed E-state index contributed by atoms with van der Waals surface area (Å²) in [4.78, 5) is 8.74. The number of hydrogen-bond acceptors (Lipinski definition) is 3. The van der Waals surface area contributed by atoms with Crippen LogP contribution >= 0.6 is 34.2 Å². The molecule has 0 aliphatic heterocycles. The van der Waals surface area contributed by atoms with Gasteiger partial charge in [-0.2, -0.15) is 0 Å². The van der Waals surface area contributed by atoms with Crippen LogP contribution in [-0.4, -0.2) is 20.4 Å². The molecule has 0 aliphatic rings. The molecule has 110 valence electrons. The molecule has 0 atom stereocenters. The van der Waals surface area contributed by atoms with Crippen LogP contribution in [0.5, 0.6) is 0 Å². The standard InChI is InChI=1S/C14H12ClFIN3O/c1-8-6-18-14(21-8)7-20-12-4-9(16)10(17)5-11(12)19-13(20)2-3-15/h4-6H,2-3,7H2,1H3. The fourth-order valence-corrected chi connectivity index (χ4v) is 2.85. The van der Waals surface area contributed by atoms with Crippen molar-refractivity contribution in [1.82, 2.24) is 14.5 Å². The Bertz CT molecular complexity index is 799. The van der Waals surface area contributed by atoms with E-state index < -0.39 is 0 Å². The van der Waals surface area contributed by atoms with Crippen LogP contribution < -0.4 is 0 Å². The Kier molecular flexibility index (Phi) is 4.17. The van der Waals surface area contributed by atoms with E-state index in [1.807, 2.05) is 34.1 Å². The summed E-state index contributed by atoms with van der Waals surface area (Å²) >= 11 is 7.80. The van der Waals surface area contributed by atoms with E-state index in [1.54, 1.807) is 12.3 Å². The molecule has 21 heavy (non-hydrogen) atoms. The quantitative estimate of drug-likeness (QED) is 0.476. The lowest BCUT2D eigenvalue weighted by Crippen LogP contribution is -2.06. The van der Waals surface area contributed by atoms with Crippen molar-refractivity contribution in [3.63, 3.8) is 0 Å². The summed E-state index contributed by atoms with van der Waals surface area (Å²) in [6.07, 6.45) is 2.27. The first-order valence-electron chi connectivity index (χ1n) is 6.40. The van der Waals surface area contributed by atoms with Crippen LogP contribution in [0.4, 0.5) is 4.39 Å². The summed E-state index contributed by atoms with van der Waals surface area (Å²) in [7, 11) is 0. The van der Waals surface area contributed by atoms with E-state index in [0.29, 0.717) is 28.3 Å². The third kappa shape index (κ3) is 2.91. The number of imidazole rings is 1. The zero-order valence-corrected chi connectivity index (χ0v) is 14.2. The maximum atomic E-state index is 13.9. The molecule has 3 aromatic rings. The number of benzene rings is 1. The van der Waals surface area contributed by atoms with Gasteiger partial charge in [0.1, 0.15) is 23.9 Å². The predicted molar refractivity (Wildman–Crippen MR) is 87.2 cm³/mol. The van der Waals surface area contributed by atoms with E-state index in [1.165, 1.54) is 6.07 Å². The second-order valence-electron chi connectivity index (χ2n) is 4.67. The fourth-order valence-electron chi connectivity index (χ4n) is 2.23. The van der Waals surface area contributed by atoms with Crippen molar-refractivity contribution in [2.24, 2.45) is 0 Å². The number of alkyl halides is 1. The molecular weight excluding hydrogens is 408 g/mol. The molecule has 3 rings (SSSR count). The maximum absolute atomic E-state index is 13.9. The van der Waals surface area contributed by atoms with Crippen molar-refractivity contribution in [3.05, 3.63) is 45.2 Å². The first-order chi connectivity index (χ1) is 10.1. The zero-order chi connectivity index (χ0) is 15.0. The Balaban J connectivity index is 2.12. The van der Waals surface area contributed by atoms with Crippen LogP contribution in [0.2, 0.25) is 0 Å². The summed E-state index contributed by atoms with van der Waals surface area (Å²) in [6, 6.07) is 3.23. The molecule has 0 radical (unpaired) electrons. The normalized spacial score (nSPS) is 11.4. The van der Waals surface area contributed by atoms with E-state index in [4.69, 9.17) is 16.0 Å². The first kappa shape index (κ1) is 14.8. The van der Waals surface area contributed by atoms with Crippen LogP contribution in [0.15, 0.2) is 22.7 Å². The Labute approximate surface area is 139 Å². The molecule has 0 spiro atoms. The van der Waals surface area contributed by atoms with Gasteiger partial charge in [0, 0.05) is 18.4 Å². The Morgan fingerprint density at radius 1 is 1.43 bits per heavy atom. The minimum atomic E-state index is -0.259. The van der Waals surface area contributed by atoms with E-state index >= 15 is 0 Å². The topological polar surface area (TPSA) is 43.9 Å². The minimum absolute atomic E-state index is 0.259. The van der Waals surface area contributed by atoms with Gasteiger partial charge < -0.3 is 8.98 Å². The summed E-state index contributed by atoms with van der Waals surface area (Å²) in [5.41, 5.74) is 1.48. The lowest BCUT2D eigenvalue weighted by atomic mass is 10.3. The fraction of sp³-hybridized carbons (Fsp3) is 0.286. The molecule has 0 aliphatic carbocycles. The zero-order valence-electron chi connectivity index (χ0n) is 11.2. The largest absolute Gasteiger partial charge is 0.444 e. The smallest absolute Gasteiger partial charge is 0.214 e. The van der Waals surface area contributed by atoms with Gasteiger partial charge in [-0.15, -0.1) is 11.6 Å². The van der Waals surface area contributed by atoms with Crippen LogP contribution in [-0.2, 0) is 13.0 Å². The van der Waals surface area contributed by atoms with Gasteiger partial charge in [-0.25, -0.2) is 14.4 Å². The Morgan fingerprint density at radius 3 is 2.90 bits per heavy atom. The highest BCUT2D eigenvalue weighted by Crippen LogP contribution is 2.23. The third-order valence-electron chi connectivity index (χ3n) is 3.15. The molecule has 0 saturated heterocycles. The van der Waals surface area contributed by atoms with E-state index in [9.17, 15) is 4.39 Å². The van der Waals surface area contributed by atoms with Crippen molar-refractivity contribution in [2.75, 3.05) is 5.88 Å². The van der Waals surface area contributed by atoms with Crippen LogP contribution in [0.25, 0.3) is 11.0 Å². The summed E-state index contributed by atoms with van der Waals surface area (Å²) in [5, 5.41) is 0. The molecule has 2 heterocycles. The number of rotatable bonds is 4. The van der Waals surface area contributed by atoms with Crippen LogP contribution in [0.3, 0.4) is 0 Å². The molecule has 2 aromatic heterocycles. The average molecular weight is 420 g/mol. The van der Waals surface area contributed by atoms with Gasteiger partial charge in [-0.3, -0.25) is 0 Å². The average Bonchev–Trinajstić information content (AvgIpc) is 2.97. The second-order valence-corrected chi connectivity index (χ2v) is 6.21. The van der Waals surface area contributed by atoms with E-state index in [0.717, 1.165) is 22.6 Å². The number of aromatic nitrogens is 3. The minimum Gasteiger partial charge on any atom is -0.444 e. The highest BCUT2D eigenvalue weighted by molar-refractivity contribution is 14.1. The van der Waals surface area contributed by atoms with E-state index in [-0.39, 0.29) is 5.82 Å². The van der Waals surface area contributed by atoms with Gasteiger partial charge >= 0.3 is 0 Å². The van der Waals surface area contributed by atoms with Gasteiger partial charge in [-0.1, -0.05) is 0 Å². The maximum Gasteiger partial charge on any atom is 0.214 e. The Hall–Kier alpha value is -1.15. The highest BCUT2D eigenvalue weighted by atomic mass is 127. The number of hydrogen-bond donors (Lipinski definition) is 0. The third-order valence-corrected chi connectivity index (χ3v) is 4.17. The van der Waals surface area contributed by atoms with Gasteiger partial charge in [0.15, 0.2) is 0 Å². The summed E-state index contributed by atoms with van der Waals surface area (Å²) in [6.45, 7) is 2.25. The first-order valence-corrected chi connectivity index (χ1v) is 8.01. The molecule has 0 amide bonds. The van der Waals surface area contributed by atoms with Crippen molar-refractivity contribution in [2.45, 2.75) is 19.9 Å². The van der Waals surface area contributed by atoms with Gasteiger partial charge in [0.05, 0.1) is 20.8 Å². The number of halogens is 3. The lowest BCUT2D eigenvalue weighted by Gasteiger charge is -2.06. The highest BCUT2D eigenvalue weighted by Gasteiger charge is 2.15. The molecule has 0 fully saturated rings. The second kappa shape index (κ2) is 5.92. The number of aryl methyl sites for hydroxylation is 2. The van der Waals surface area contributed by atoms with Crippen molar-refractivity contribution in [1.29, 1.82) is 0 Å². The predicted octanol–water partition coefficient (Wildman–Crippen LogP) is 3.91. The monoisotopic (exact) mass is 419 g/mol. The summed E-state index contributed by atoms with van der Waals surface area (Å²) in [5.74, 6) is 2.31. The number of nitrogens with zero attached hydrogens (tertiary/aromatic N) is 3. The molecule has 0 unspecified atom stereocenters. The van der Waals surface area contributed by atoms with E-state index in [2.05, 4.69) is 9.97 Å². The lowest BCUT2D eigenvalue weighted by molar-refractivity contribution is 0.456. The van der Waals surface area contributed by atoms with Crippen molar-refractivity contribution in [3.8, 4) is 0 Å². The van der Waals surface area contributed by atoms with Crippen LogP contribution in [0.1, 0.15) is 17.5 Å². The van der Waals surface area contributed by atoms with Gasteiger partial charge in [0.25, 0.3) is 0 Å². The molecule has 7 heteroatoms. The van der Waals surface area contributed by atoms with Gasteiger partial charge in [-0.05, 0) is 35.6 Å². The Morgan fingerprint density at radius 2 is 2.24 bits per heavy atom.